The summed E-state index contributed by atoms with van der Waals surface area (Å²) in [4.78, 5) is 19.7. The van der Waals surface area contributed by atoms with Gasteiger partial charge in [-0.1, -0.05) is 18.2 Å². The minimum atomic E-state index is -0.296. The zero-order valence-electron chi connectivity index (χ0n) is 17.1. The number of methoxy groups -OCH3 is 1. The number of aromatic amines is 1. The molecule has 0 radical (unpaired) electrons. The summed E-state index contributed by atoms with van der Waals surface area (Å²) in [6, 6.07) is 14.1. The molecule has 6 nitrogen and oxygen atoms in total. The first-order valence-electron chi connectivity index (χ1n) is 10.2. The summed E-state index contributed by atoms with van der Waals surface area (Å²) < 4.78 is 25.0. The first-order chi connectivity index (χ1) is 14.6. The maximum Gasteiger partial charge on any atom is 0.270 e. The predicted molar refractivity (Wildman–Crippen MR) is 112 cm³/mol. The fraction of sp³-hybridized carbons (Fsp3) is 0.348. The maximum absolute atomic E-state index is 14.3. The lowest BCUT2D eigenvalue weighted by Crippen LogP contribution is -3.14. The minimum absolute atomic E-state index is 0.138. The highest BCUT2D eigenvalue weighted by Gasteiger charge is 2.22. The van der Waals surface area contributed by atoms with Crippen molar-refractivity contribution in [1.82, 2.24) is 9.88 Å². The summed E-state index contributed by atoms with van der Waals surface area (Å²) in [5, 5.41) is 0.934. The van der Waals surface area contributed by atoms with Gasteiger partial charge in [0.2, 0.25) is 0 Å². The van der Waals surface area contributed by atoms with E-state index in [2.05, 4.69) is 4.98 Å². The SMILES string of the molecule is COc1ccc2cc(C(=O)N(CC[NH+]3CCOCC3)Cc3ccccc3F)[nH]c2c1. The van der Waals surface area contributed by atoms with Crippen LogP contribution in [0.15, 0.2) is 48.5 Å². The number of hydrogen-bond acceptors (Lipinski definition) is 3. The molecule has 7 heteroatoms. The molecule has 4 rings (SSSR count). The van der Waals surface area contributed by atoms with Gasteiger partial charge in [0, 0.05) is 29.1 Å². The van der Waals surface area contributed by atoms with E-state index in [4.69, 9.17) is 9.47 Å². The Morgan fingerprint density at radius 3 is 2.77 bits per heavy atom. The van der Waals surface area contributed by atoms with Crippen LogP contribution in [0.25, 0.3) is 10.9 Å². The van der Waals surface area contributed by atoms with Crippen LogP contribution in [0.4, 0.5) is 4.39 Å². The number of ether oxygens (including phenoxy) is 2. The van der Waals surface area contributed by atoms with Crippen molar-refractivity contribution in [3.8, 4) is 5.75 Å². The van der Waals surface area contributed by atoms with Crippen LogP contribution in [-0.4, -0.2) is 62.3 Å². The van der Waals surface area contributed by atoms with E-state index in [0.717, 1.165) is 49.5 Å². The summed E-state index contributed by atoms with van der Waals surface area (Å²) >= 11 is 0. The molecule has 0 atom stereocenters. The highest BCUT2D eigenvalue weighted by atomic mass is 19.1. The van der Waals surface area contributed by atoms with Gasteiger partial charge in [-0.05, 0) is 24.3 Å². The van der Waals surface area contributed by atoms with Gasteiger partial charge < -0.3 is 24.3 Å². The second kappa shape index (κ2) is 9.28. The number of halogens is 1. The van der Waals surface area contributed by atoms with Gasteiger partial charge in [0.05, 0.1) is 33.4 Å². The van der Waals surface area contributed by atoms with Crippen molar-refractivity contribution in [2.45, 2.75) is 6.54 Å². The first kappa shape index (κ1) is 20.4. The number of hydrogen-bond donors (Lipinski definition) is 2. The standard InChI is InChI=1S/C23H26FN3O3/c1-29-19-7-6-17-14-22(25-21(17)15-19)23(28)27(9-8-26-10-12-30-13-11-26)16-18-4-2-3-5-20(18)24/h2-7,14-15,25H,8-13,16H2,1H3/p+1. The third-order valence-electron chi connectivity index (χ3n) is 5.60. The van der Waals surface area contributed by atoms with Gasteiger partial charge in [0.15, 0.2) is 0 Å². The van der Waals surface area contributed by atoms with Gasteiger partial charge in [0.1, 0.15) is 30.4 Å². The van der Waals surface area contributed by atoms with Crippen molar-refractivity contribution in [1.29, 1.82) is 0 Å². The largest absolute Gasteiger partial charge is 0.497 e. The van der Waals surface area contributed by atoms with Gasteiger partial charge in [-0.15, -0.1) is 0 Å². The summed E-state index contributed by atoms with van der Waals surface area (Å²) in [5.41, 5.74) is 1.84. The third kappa shape index (κ3) is 4.63. The number of fused-ring (bicyclic) bond motifs is 1. The molecule has 1 aliphatic rings. The van der Waals surface area contributed by atoms with E-state index >= 15 is 0 Å². The lowest BCUT2D eigenvalue weighted by Gasteiger charge is -2.28. The number of benzene rings is 2. The monoisotopic (exact) mass is 412 g/mol. The quantitative estimate of drug-likeness (QED) is 0.623. The van der Waals surface area contributed by atoms with Crippen molar-refractivity contribution in [2.24, 2.45) is 0 Å². The van der Waals surface area contributed by atoms with Crippen LogP contribution in [0.5, 0.6) is 5.75 Å². The molecule has 0 saturated carbocycles. The Morgan fingerprint density at radius 2 is 2.00 bits per heavy atom. The Morgan fingerprint density at radius 1 is 1.20 bits per heavy atom. The van der Waals surface area contributed by atoms with Crippen LogP contribution in [-0.2, 0) is 11.3 Å². The van der Waals surface area contributed by atoms with Gasteiger partial charge in [-0.3, -0.25) is 4.79 Å². The fourth-order valence-corrected chi connectivity index (χ4v) is 3.81. The molecule has 2 aromatic carbocycles. The molecule has 1 fully saturated rings. The number of amides is 1. The number of morpholine rings is 1. The maximum atomic E-state index is 14.3. The topological polar surface area (TPSA) is 59.0 Å². The van der Waals surface area contributed by atoms with Crippen LogP contribution in [0.2, 0.25) is 0 Å². The Kier molecular flexibility index (Phi) is 6.30. The van der Waals surface area contributed by atoms with Gasteiger partial charge in [-0.25, -0.2) is 4.39 Å². The lowest BCUT2D eigenvalue weighted by molar-refractivity contribution is -0.907. The summed E-state index contributed by atoms with van der Waals surface area (Å²) in [6.45, 7) is 4.90. The highest BCUT2D eigenvalue weighted by molar-refractivity contribution is 5.98. The van der Waals surface area contributed by atoms with Gasteiger partial charge >= 0.3 is 0 Å². The van der Waals surface area contributed by atoms with Gasteiger partial charge in [-0.2, -0.15) is 0 Å². The van der Waals surface area contributed by atoms with E-state index in [1.165, 1.54) is 11.0 Å². The Balaban J connectivity index is 1.56. The Bertz CT molecular complexity index is 1010. The summed E-state index contributed by atoms with van der Waals surface area (Å²) in [7, 11) is 1.61. The number of H-pyrrole nitrogens is 1. The molecular formula is C23H27FN3O3+. The lowest BCUT2D eigenvalue weighted by atomic mass is 10.2. The molecule has 1 aromatic heterocycles. The van der Waals surface area contributed by atoms with E-state index in [1.807, 2.05) is 24.3 Å². The normalized spacial score (nSPS) is 14.7. The molecule has 0 aliphatic carbocycles. The van der Waals surface area contributed by atoms with Crippen LogP contribution in [0, 0.1) is 5.82 Å². The number of carbonyl (C=O) groups is 1. The molecule has 0 bridgehead atoms. The van der Waals surface area contributed by atoms with Crippen LogP contribution < -0.4 is 9.64 Å². The van der Waals surface area contributed by atoms with Crippen LogP contribution >= 0.6 is 0 Å². The Hall–Kier alpha value is -2.90. The number of carbonyl (C=O) groups excluding carboxylic acids is 1. The third-order valence-corrected chi connectivity index (χ3v) is 5.60. The van der Waals surface area contributed by atoms with Gasteiger partial charge in [0.25, 0.3) is 5.91 Å². The van der Waals surface area contributed by atoms with E-state index < -0.39 is 0 Å². The molecule has 1 aliphatic heterocycles. The summed E-state index contributed by atoms with van der Waals surface area (Å²) in [5.74, 6) is 0.291. The average Bonchev–Trinajstić information content (AvgIpc) is 3.21. The smallest absolute Gasteiger partial charge is 0.270 e. The summed E-state index contributed by atoms with van der Waals surface area (Å²) in [6.07, 6.45) is 0. The molecule has 0 unspecified atom stereocenters. The van der Waals surface area contributed by atoms with E-state index in [-0.39, 0.29) is 18.3 Å². The van der Waals surface area contributed by atoms with E-state index in [0.29, 0.717) is 17.8 Å². The molecule has 2 heterocycles. The number of nitrogens with one attached hydrogen (secondary N) is 2. The first-order valence-corrected chi connectivity index (χ1v) is 10.2. The Labute approximate surface area is 175 Å². The molecular weight excluding hydrogens is 385 g/mol. The molecule has 0 spiro atoms. The van der Waals surface area contributed by atoms with Crippen molar-refractivity contribution < 1.29 is 23.6 Å². The minimum Gasteiger partial charge on any atom is -0.497 e. The number of aromatic nitrogens is 1. The average molecular weight is 412 g/mol. The molecule has 1 saturated heterocycles. The highest BCUT2D eigenvalue weighted by Crippen LogP contribution is 2.22. The number of nitrogens with zero attached hydrogens (tertiary/aromatic N) is 1. The molecule has 2 N–H and O–H groups in total. The number of rotatable bonds is 7. The second-order valence-corrected chi connectivity index (χ2v) is 7.57. The molecule has 1 amide bonds. The van der Waals surface area contributed by atoms with E-state index in [9.17, 15) is 9.18 Å². The molecule has 30 heavy (non-hydrogen) atoms. The van der Waals surface area contributed by atoms with Crippen LogP contribution in [0.3, 0.4) is 0 Å². The van der Waals surface area contributed by atoms with Crippen LogP contribution in [0.1, 0.15) is 16.1 Å². The zero-order valence-corrected chi connectivity index (χ0v) is 17.1. The zero-order chi connectivity index (χ0) is 20.9. The van der Waals surface area contributed by atoms with Crippen molar-refractivity contribution in [2.75, 3.05) is 46.5 Å². The van der Waals surface area contributed by atoms with Crippen molar-refractivity contribution in [3.63, 3.8) is 0 Å². The fourth-order valence-electron chi connectivity index (χ4n) is 3.81. The van der Waals surface area contributed by atoms with Crippen molar-refractivity contribution in [3.05, 3.63) is 65.6 Å². The van der Waals surface area contributed by atoms with Crippen molar-refractivity contribution >= 4 is 16.8 Å². The number of quaternary nitrogens is 1. The van der Waals surface area contributed by atoms with E-state index in [1.54, 1.807) is 30.2 Å². The molecule has 158 valence electrons. The predicted octanol–water partition coefficient (Wildman–Crippen LogP) is 1.87. The second-order valence-electron chi connectivity index (χ2n) is 7.57. The molecule has 3 aromatic rings.